The fourth-order valence-electron chi connectivity index (χ4n) is 1.39. The van der Waals surface area contributed by atoms with E-state index >= 15 is 0 Å². The molecule has 0 amide bonds. The van der Waals surface area contributed by atoms with Crippen molar-refractivity contribution in [3.63, 3.8) is 0 Å². The maximum atomic E-state index is 11.6. The van der Waals surface area contributed by atoms with Crippen LogP contribution in [0.25, 0.3) is 0 Å². The van der Waals surface area contributed by atoms with E-state index < -0.39 is 16.8 Å². The van der Waals surface area contributed by atoms with Crippen LogP contribution in [-0.4, -0.2) is 22.5 Å². The summed E-state index contributed by atoms with van der Waals surface area (Å²) in [7, 11) is 0. The Morgan fingerprint density at radius 1 is 1.67 bits per heavy atom. The van der Waals surface area contributed by atoms with Gasteiger partial charge in [-0.15, -0.1) is 0 Å². The average Bonchev–Trinajstić information content (AvgIpc) is 2.30. The zero-order valence-corrected chi connectivity index (χ0v) is 9.91. The Morgan fingerprint density at radius 2 is 2.33 bits per heavy atom. The third-order valence-electron chi connectivity index (χ3n) is 2.16. The van der Waals surface area contributed by atoms with E-state index in [1.54, 1.807) is 19.9 Å². The lowest BCUT2D eigenvalue weighted by Crippen LogP contribution is -2.17. The van der Waals surface area contributed by atoms with E-state index in [-0.39, 0.29) is 18.0 Å². The summed E-state index contributed by atoms with van der Waals surface area (Å²) >= 11 is 0. The zero-order chi connectivity index (χ0) is 13.7. The standard InChI is InChI=1S/C11H11N3O4/c1-3-18-11(15)8(6-12)10-9(14(16)17)5-4-7(2)13-10/h4-5,8H,3H2,1-2H3. The van der Waals surface area contributed by atoms with E-state index in [9.17, 15) is 14.9 Å². The van der Waals surface area contributed by atoms with Crippen LogP contribution in [0.1, 0.15) is 24.2 Å². The Morgan fingerprint density at radius 3 is 2.83 bits per heavy atom. The predicted molar refractivity (Wildman–Crippen MR) is 60.6 cm³/mol. The van der Waals surface area contributed by atoms with Crippen LogP contribution in [0.2, 0.25) is 0 Å². The summed E-state index contributed by atoms with van der Waals surface area (Å²) in [5, 5.41) is 19.8. The van der Waals surface area contributed by atoms with Crippen LogP contribution in [0.4, 0.5) is 5.69 Å². The summed E-state index contributed by atoms with van der Waals surface area (Å²) in [6.45, 7) is 3.30. The van der Waals surface area contributed by atoms with Gasteiger partial charge < -0.3 is 4.74 Å². The van der Waals surface area contributed by atoms with Gasteiger partial charge in [0.25, 0.3) is 5.69 Å². The number of nitro groups is 1. The van der Waals surface area contributed by atoms with Gasteiger partial charge >= 0.3 is 5.97 Å². The largest absolute Gasteiger partial charge is 0.465 e. The van der Waals surface area contributed by atoms with Crippen molar-refractivity contribution in [1.29, 1.82) is 5.26 Å². The lowest BCUT2D eigenvalue weighted by molar-refractivity contribution is -0.386. The van der Waals surface area contributed by atoms with Gasteiger partial charge in [-0.3, -0.25) is 14.9 Å². The van der Waals surface area contributed by atoms with Gasteiger partial charge in [0, 0.05) is 11.8 Å². The molecule has 0 aliphatic heterocycles. The highest BCUT2D eigenvalue weighted by Crippen LogP contribution is 2.25. The molecule has 0 spiro atoms. The first-order valence-electron chi connectivity index (χ1n) is 5.19. The monoisotopic (exact) mass is 249 g/mol. The summed E-state index contributed by atoms with van der Waals surface area (Å²) in [5.41, 5.74) is -0.0544. The van der Waals surface area contributed by atoms with Crippen molar-refractivity contribution in [2.45, 2.75) is 19.8 Å². The van der Waals surface area contributed by atoms with E-state index in [1.807, 2.05) is 0 Å². The van der Waals surface area contributed by atoms with Gasteiger partial charge in [-0.2, -0.15) is 5.26 Å². The molecule has 1 aromatic rings. The van der Waals surface area contributed by atoms with Crippen molar-refractivity contribution in [2.75, 3.05) is 6.61 Å². The quantitative estimate of drug-likeness (QED) is 0.454. The number of aromatic nitrogens is 1. The fourth-order valence-corrected chi connectivity index (χ4v) is 1.39. The average molecular weight is 249 g/mol. The molecule has 0 saturated carbocycles. The molecule has 0 aliphatic carbocycles. The van der Waals surface area contributed by atoms with Gasteiger partial charge in [-0.1, -0.05) is 0 Å². The molecule has 1 atom stereocenters. The molecule has 94 valence electrons. The normalized spacial score (nSPS) is 11.4. The second kappa shape index (κ2) is 5.72. The van der Waals surface area contributed by atoms with Crippen molar-refractivity contribution >= 4 is 11.7 Å². The molecule has 0 aromatic carbocycles. The third kappa shape index (κ3) is 2.79. The molecule has 1 heterocycles. The van der Waals surface area contributed by atoms with Crippen LogP contribution in [0.3, 0.4) is 0 Å². The second-order valence-corrected chi connectivity index (χ2v) is 3.43. The number of rotatable bonds is 4. The highest BCUT2D eigenvalue weighted by Gasteiger charge is 2.30. The molecule has 0 bridgehead atoms. The minimum atomic E-state index is -1.38. The van der Waals surface area contributed by atoms with Crippen LogP contribution in [-0.2, 0) is 9.53 Å². The van der Waals surface area contributed by atoms with E-state index in [0.717, 1.165) is 0 Å². The molecule has 0 N–H and O–H groups in total. The van der Waals surface area contributed by atoms with E-state index in [1.165, 1.54) is 12.1 Å². The molecule has 0 aliphatic rings. The van der Waals surface area contributed by atoms with Gasteiger partial charge in [0.2, 0.25) is 0 Å². The zero-order valence-electron chi connectivity index (χ0n) is 9.91. The Balaban J connectivity index is 3.28. The van der Waals surface area contributed by atoms with Crippen LogP contribution >= 0.6 is 0 Å². The Labute approximate surface area is 103 Å². The maximum absolute atomic E-state index is 11.6. The van der Waals surface area contributed by atoms with Gasteiger partial charge in [0.1, 0.15) is 5.69 Å². The fraction of sp³-hybridized carbons (Fsp3) is 0.364. The third-order valence-corrected chi connectivity index (χ3v) is 2.16. The van der Waals surface area contributed by atoms with Crippen molar-refractivity contribution in [2.24, 2.45) is 0 Å². The summed E-state index contributed by atoms with van der Waals surface area (Å²) in [4.78, 5) is 25.6. The Kier molecular flexibility index (Phi) is 4.32. The molecular formula is C11H11N3O4. The Hall–Kier alpha value is -2.49. The molecule has 18 heavy (non-hydrogen) atoms. The molecule has 7 heteroatoms. The van der Waals surface area contributed by atoms with Crippen molar-refractivity contribution < 1.29 is 14.5 Å². The predicted octanol–water partition coefficient (Wildman–Crippen LogP) is 1.47. The number of hydrogen-bond acceptors (Lipinski definition) is 6. The number of esters is 1. The molecule has 0 fully saturated rings. The molecular weight excluding hydrogens is 238 g/mol. The first kappa shape index (κ1) is 13.6. The number of carbonyl (C=O) groups excluding carboxylic acids is 1. The molecule has 7 nitrogen and oxygen atoms in total. The summed E-state index contributed by atoms with van der Waals surface area (Å²) in [6.07, 6.45) is 0. The number of nitrogens with zero attached hydrogens (tertiary/aromatic N) is 3. The topological polar surface area (TPSA) is 106 Å². The first-order valence-corrected chi connectivity index (χ1v) is 5.19. The number of aryl methyl sites for hydroxylation is 1. The molecule has 1 rings (SSSR count). The van der Waals surface area contributed by atoms with Crippen molar-refractivity contribution in [3.8, 4) is 6.07 Å². The van der Waals surface area contributed by atoms with Gasteiger partial charge in [0.15, 0.2) is 5.92 Å². The van der Waals surface area contributed by atoms with Crippen molar-refractivity contribution in [1.82, 2.24) is 4.98 Å². The summed E-state index contributed by atoms with van der Waals surface area (Å²) in [5.74, 6) is -2.22. The summed E-state index contributed by atoms with van der Waals surface area (Å²) in [6, 6.07) is 4.35. The second-order valence-electron chi connectivity index (χ2n) is 3.43. The van der Waals surface area contributed by atoms with Crippen LogP contribution < -0.4 is 0 Å². The lowest BCUT2D eigenvalue weighted by Gasteiger charge is -2.08. The van der Waals surface area contributed by atoms with E-state index in [2.05, 4.69) is 4.98 Å². The molecule has 0 radical (unpaired) electrons. The summed E-state index contributed by atoms with van der Waals surface area (Å²) < 4.78 is 4.70. The van der Waals surface area contributed by atoms with Gasteiger partial charge in [0.05, 0.1) is 17.6 Å². The van der Waals surface area contributed by atoms with E-state index in [0.29, 0.717) is 5.69 Å². The van der Waals surface area contributed by atoms with Gasteiger partial charge in [-0.05, 0) is 19.9 Å². The van der Waals surface area contributed by atoms with Gasteiger partial charge in [-0.25, -0.2) is 4.98 Å². The number of ether oxygens (including phenoxy) is 1. The van der Waals surface area contributed by atoms with Crippen LogP contribution in [0, 0.1) is 28.4 Å². The minimum Gasteiger partial charge on any atom is -0.465 e. The SMILES string of the molecule is CCOC(=O)C(C#N)c1nc(C)ccc1[N+](=O)[O-]. The number of hydrogen-bond donors (Lipinski definition) is 0. The maximum Gasteiger partial charge on any atom is 0.329 e. The molecule has 0 saturated heterocycles. The van der Waals surface area contributed by atoms with Crippen LogP contribution in [0.5, 0.6) is 0 Å². The number of carbonyl (C=O) groups is 1. The van der Waals surface area contributed by atoms with E-state index in [4.69, 9.17) is 10.00 Å². The first-order chi connectivity index (χ1) is 8.51. The molecule has 1 unspecified atom stereocenters. The minimum absolute atomic E-state index is 0.0939. The smallest absolute Gasteiger partial charge is 0.329 e. The Bertz CT molecular complexity index is 522. The lowest BCUT2D eigenvalue weighted by atomic mass is 10.0. The number of nitriles is 1. The van der Waals surface area contributed by atoms with Crippen molar-refractivity contribution in [3.05, 3.63) is 33.6 Å². The molecule has 1 aromatic heterocycles. The highest BCUT2D eigenvalue weighted by atomic mass is 16.6. The van der Waals surface area contributed by atoms with Crippen LogP contribution in [0.15, 0.2) is 12.1 Å². The highest BCUT2D eigenvalue weighted by molar-refractivity contribution is 5.82. The number of pyridine rings is 1.